The van der Waals surface area contributed by atoms with Crippen LogP contribution < -0.4 is 10.8 Å². The minimum absolute atomic E-state index is 0.0102. The van der Waals surface area contributed by atoms with Crippen LogP contribution in [0.15, 0.2) is 35.5 Å². The monoisotopic (exact) mass is 457 g/mol. The number of fused-ring (bicyclic) bond motifs is 1. The van der Waals surface area contributed by atoms with E-state index in [1.807, 2.05) is 11.6 Å². The number of nitrogens with one attached hydrogen (secondary N) is 1. The number of hydrogen-bond acceptors (Lipinski definition) is 4. The lowest BCUT2D eigenvalue weighted by molar-refractivity contribution is -0.119. The highest BCUT2D eigenvalue weighted by molar-refractivity contribution is 5.93. The predicted octanol–water partition coefficient (Wildman–Crippen LogP) is 5.14. The van der Waals surface area contributed by atoms with Gasteiger partial charge in [-0.2, -0.15) is 0 Å². The lowest BCUT2D eigenvalue weighted by Crippen LogP contribution is -2.22. The van der Waals surface area contributed by atoms with Crippen molar-refractivity contribution >= 4 is 22.6 Å². The van der Waals surface area contributed by atoms with Gasteiger partial charge in [-0.05, 0) is 32.8 Å². The van der Waals surface area contributed by atoms with E-state index in [1.165, 1.54) is 12.1 Å². The van der Waals surface area contributed by atoms with Crippen molar-refractivity contribution in [3.63, 3.8) is 0 Å². The Hall–Kier alpha value is -3.23. The topological polar surface area (TPSA) is 72.2 Å². The predicted molar refractivity (Wildman–Crippen MR) is 119 cm³/mol. The first-order valence-electron chi connectivity index (χ1n) is 11.0. The molecule has 1 aromatic carbocycles. The Morgan fingerprint density at radius 2 is 1.94 bits per heavy atom. The summed E-state index contributed by atoms with van der Waals surface area (Å²) >= 11 is 0. The number of hydrogen-bond donors (Lipinski definition) is 1. The second-order valence-electron chi connectivity index (χ2n) is 8.46. The molecule has 0 radical (unpaired) electrons. The highest BCUT2D eigenvalue weighted by atomic mass is 19.3. The van der Waals surface area contributed by atoms with Gasteiger partial charge in [-0.3, -0.25) is 9.79 Å². The molecule has 1 unspecified atom stereocenters. The number of carbonyl (C=O) groups is 1. The average Bonchev–Trinajstić information content (AvgIpc) is 3.32. The van der Waals surface area contributed by atoms with Crippen LogP contribution in [0.2, 0.25) is 0 Å². The minimum atomic E-state index is -2.91. The Morgan fingerprint density at radius 3 is 2.64 bits per heavy atom. The Balaban J connectivity index is 1.77. The zero-order chi connectivity index (χ0) is 23.7. The summed E-state index contributed by atoms with van der Waals surface area (Å²) in [4.78, 5) is 26.0. The molecule has 1 atom stereocenters. The molecule has 0 spiro atoms. The zero-order valence-corrected chi connectivity index (χ0v) is 18.8. The summed E-state index contributed by atoms with van der Waals surface area (Å²) in [7, 11) is 1.84. The van der Waals surface area contributed by atoms with Gasteiger partial charge >= 0.3 is 0 Å². The van der Waals surface area contributed by atoms with Gasteiger partial charge in [-0.25, -0.2) is 23.1 Å². The summed E-state index contributed by atoms with van der Waals surface area (Å²) in [6, 6.07) is 4.86. The van der Waals surface area contributed by atoms with E-state index in [0.717, 1.165) is 37.3 Å². The average molecular weight is 458 g/mol. The molecule has 3 aromatic rings. The number of alkyl halides is 2. The van der Waals surface area contributed by atoms with Crippen LogP contribution in [0.3, 0.4) is 0 Å². The van der Waals surface area contributed by atoms with Gasteiger partial charge in [0.1, 0.15) is 17.5 Å². The number of halogens is 3. The smallest absolute Gasteiger partial charge is 0.266 e. The molecule has 4 rings (SSSR count). The van der Waals surface area contributed by atoms with E-state index in [0.29, 0.717) is 22.5 Å². The summed E-state index contributed by atoms with van der Waals surface area (Å²) < 4.78 is 42.8. The third kappa shape index (κ3) is 4.62. The maximum atomic E-state index is 14.7. The zero-order valence-electron chi connectivity index (χ0n) is 18.8. The van der Waals surface area contributed by atoms with E-state index >= 15 is 0 Å². The fraction of sp³-hybridized carbons (Fsp3) is 0.417. The van der Waals surface area contributed by atoms with Crippen LogP contribution in [-0.2, 0) is 11.8 Å². The second-order valence-corrected chi connectivity index (χ2v) is 8.46. The van der Waals surface area contributed by atoms with Gasteiger partial charge in [0.25, 0.3) is 6.43 Å². The van der Waals surface area contributed by atoms with Crippen molar-refractivity contribution in [1.29, 1.82) is 0 Å². The number of carbonyl (C=O) groups excluding carboxylic acids is 1. The normalized spacial score (nSPS) is 16.0. The Bertz CT molecular complexity index is 1260. The standard InChI is InChI=1S/C24H26F3N5O/c1-13(16-9-6-10-17(21(16)25)22(26)27)29-23-18-11-20(31-24(33)15-7-4-5-8-15)28-12-19(18)32(3)14(2)30-23/h6,9-13,15,22H,4-5,7-8H2,1-3H3,(H,28,31,33)/b29-23-. The van der Waals surface area contributed by atoms with Crippen LogP contribution in [0.25, 0.3) is 10.9 Å². The molecule has 1 fully saturated rings. The van der Waals surface area contributed by atoms with Crippen molar-refractivity contribution in [1.82, 2.24) is 14.5 Å². The maximum Gasteiger partial charge on any atom is 0.266 e. The first kappa shape index (κ1) is 22.9. The number of rotatable bonds is 5. The van der Waals surface area contributed by atoms with Crippen molar-refractivity contribution in [2.45, 2.75) is 52.0 Å². The number of amides is 1. The molecule has 1 saturated carbocycles. The Labute approximate surface area is 189 Å². The molecule has 33 heavy (non-hydrogen) atoms. The number of benzene rings is 1. The summed E-state index contributed by atoms with van der Waals surface area (Å²) in [6.07, 6.45) is 2.56. The van der Waals surface area contributed by atoms with E-state index in [9.17, 15) is 18.0 Å². The first-order chi connectivity index (χ1) is 15.8. The van der Waals surface area contributed by atoms with E-state index < -0.39 is 23.8 Å². The quantitative estimate of drug-likeness (QED) is 0.576. The highest BCUT2D eigenvalue weighted by Crippen LogP contribution is 2.29. The molecule has 0 saturated heterocycles. The molecule has 1 amide bonds. The van der Waals surface area contributed by atoms with Crippen LogP contribution in [-0.4, -0.2) is 20.4 Å². The maximum absolute atomic E-state index is 14.7. The van der Waals surface area contributed by atoms with Crippen molar-refractivity contribution in [2.75, 3.05) is 5.32 Å². The van der Waals surface area contributed by atoms with E-state index in [4.69, 9.17) is 0 Å². The van der Waals surface area contributed by atoms with Gasteiger partial charge in [0.2, 0.25) is 5.91 Å². The van der Waals surface area contributed by atoms with Crippen LogP contribution >= 0.6 is 0 Å². The summed E-state index contributed by atoms with van der Waals surface area (Å²) in [5.74, 6) is 0.0165. The fourth-order valence-corrected chi connectivity index (χ4v) is 4.25. The lowest BCUT2D eigenvalue weighted by Gasteiger charge is -2.14. The third-order valence-electron chi connectivity index (χ3n) is 6.28. The fourth-order valence-electron chi connectivity index (χ4n) is 4.25. The Morgan fingerprint density at radius 1 is 1.24 bits per heavy atom. The molecule has 9 heteroatoms. The first-order valence-corrected chi connectivity index (χ1v) is 11.0. The highest BCUT2D eigenvalue weighted by Gasteiger charge is 2.23. The van der Waals surface area contributed by atoms with E-state index in [1.54, 1.807) is 26.1 Å². The van der Waals surface area contributed by atoms with Crippen molar-refractivity contribution < 1.29 is 18.0 Å². The summed E-state index contributed by atoms with van der Waals surface area (Å²) in [5.41, 5.74) is 0.476. The van der Waals surface area contributed by atoms with E-state index in [-0.39, 0.29) is 17.4 Å². The van der Waals surface area contributed by atoms with Crippen LogP contribution in [0, 0.1) is 18.7 Å². The van der Waals surface area contributed by atoms with Gasteiger partial charge < -0.3 is 9.88 Å². The molecule has 0 aliphatic heterocycles. The molecule has 1 aliphatic carbocycles. The van der Waals surface area contributed by atoms with Crippen molar-refractivity contribution in [2.24, 2.45) is 18.0 Å². The molecule has 1 aliphatic rings. The van der Waals surface area contributed by atoms with Crippen LogP contribution in [0.4, 0.5) is 19.0 Å². The van der Waals surface area contributed by atoms with Crippen molar-refractivity contribution in [3.05, 3.63) is 58.7 Å². The molecule has 6 nitrogen and oxygen atoms in total. The molecule has 0 bridgehead atoms. The molecule has 2 heterocycles. The molecule has 1 N–H and O–H groups in total. The second kappa shape index (κ2) is 9.33. The number of aromatic nitrogens is 3. The number of nitrogens with zero attached hydrogens (tertiary/aromatic N) is 4. The molecule has 174 valence electrons. The van der Waals surface area contributed by atoms with Gasteiger partial charge in [0, 0.05) is 23.9 Å². The largest absolute Gasteiger partial charge is 0.331 e. The third-order valence-corrected chi connectivity index (χ3v) is 6.28. The number of anilines is 1. The Kier molecular flexibility index (Phi) is 6.49. The minimum Gasteiger partial charge on any atom is -0.331 e. The molecular formula is C24H26F3N5O. The summed E-state index contributed by atoms with van der Waals surface area (Å²) in [6.45, 7) is 3.43. The van der Waals surface area contributed by atoms with Gasteiger partial charge in [-0.1, -0.05) is 31.0 Å². The van der Waals surface area contributed by atoms with E-state index in [2.05, 4.69) is 20.3 Å². The SMILES string of the molecule is Cc1n/c(=N\C(C)c2cccc(C(F)F)c2F)c2cc(NC(=O)C3CCCC3)ncc2n1C. The summed E-state index contributed by atoms with van der Waals surface area (Å²) in [5, 5.41) is 3.50. The lowest BCUT2D eigenvalue weighted by atomic mass is 10.0. The molecule has 2 aromatic heterocycles. The van der Waals surface area contributed by atoms with Crippen LogP contribution in [0.1, 0.15) is 62.0 Å². The number of pyridine rings is 1. The van der Waals surface area contributed by atoms with Gasteiger partial charge in [-0.15, -0.1) is 0 Å². The molecular weight excluding hydrogens is 431 g/mol. The van der Waals surface area contributed by atoms with Gasteiger partial charge in [0.05, 0.1) is 23.3 Å². The van der Waals surface area contributed by atoms with Crippen molar-refractivity contribution in [3.8, 4) is 0 Å². The number of aryl methyl sites for hydroxylation is 2. The van der Waals surface area contributed by atoms with Crippen LogP contribution in [0.5, 0.6) is 0 Å². The van der Waals surface area contributed by atoms with Gasteiger partial charge in [0.15, 0.2) is 5.49 Å².